The molecule has 2 N–H and O–H groups in total. The summed E-state index contributed by atoms with van der Waals surface area (Å²) < 4.78 is 55.4. The van der Waals surface area contributed by atoms with Gasteiger partial charge >= 0.3 is 0 Å². The fourth-order valence-electron chi connectivity index (χ4n) is 2.67. The largest absolute Gasteiger partial charge is 0.332 e. The van der Waals surface area contributed by atoms with E-state index in [1.807, 2.05) is 24.3 Å². The van der Waals surface area contributed by atoms with Crippen LogP contribution >= 0.6 is 12.2 Å². The van der Waals surface area contributed by atoms with E-state index in [1.54, 1.807) is 0 Å². The molecule has 9 heteroatoms. The van der Waals surface area contributed by atoms with Gasteiger partial charge in [-0.3, -0.25) is 4.68 Å². The molecule has 4 nitrogen and oxygen atoms in total. The fraction of sp³-hybridized carbons (Fsp3) is 0.200. The Labute approximate surface area is 170 Å². The fourth-order valence-corrected chi connectivity index (χ4v) is 2.89. The molecule has 0 aliphatic carbocycles. The van der Waals surface area contributed by atoms with Crippen molar-refractivity contribution in [3.05, 3.63) is 77.0 Å². The van der Waals surface area contributed by atoms with Crippen LogP contribution in [0.1, 0.15) is 30.9 Å². The first kappa shape index (κ1) is 20.8. The predicted molar refractivity (Wildman–Crippen MR) is 108 cm³/mol. The molecule has 3 rings (SSSR count). The van der Waals surface area contributed by atoms with Crippen LogP contribution in [0.3, 0.4) is 0 Å². The van der Waals surface area contributed by atoms with Gasteiger partial charge in [-0.25, -0.2) is 17.6 Å². The number of anilines is 2. The van der Waals surface area contributed by atoms with Crippen LogP contribution in [0, 0.1) is 23.3 Å². The highest BCUT2D eigenvalue weighted by atomic mass is 32.1. The SMILES string of the molecule is CC(C)c1ccc(NC(=S)Nc2ccn(Cc3c(F)c(F)cc(F)c3F)n2)cc1. The summed E-state index contributed by atoms with van der Waals surface area (Å²) in [4.78, 5) is 0. The summed E-state index contributed by atoms with van der Waals surface area (Å²) in [6, 6.07) is 9.46. The lowest BCUT2D eigenvalue weighted by Gasteiger charge is -2.11. The molecule has 0 unspecified atom stereocenters. The highest BCUT2D eigenvalue weighted by Gasteiger charge is 2.19. The third-order valence-electron chi connectivity index (χ3n) is 4.24. The summed E-state index contributed by atoms with van der Waals surface area (Å²) in [5.74, 6) is -5.10. The molecule has 0 bridgehead atoms. The van der Waals surface area contributed by atoms with Gasteiger partial charge < -0.3 is 10.6 Å². The molecule has 1 aromatic heterocycles. The van der Waals surface area contributed by atoms with E-state index in [0.717, 1.165) is 10.4 Å². The van der Waals surface area contributed by atoms with Crippen molar-refractivity contribution in [1.29, 1.82) is 0 Å². The zero-order valence-electron chi connectivity index (χ0n) is 15.6. The van der Waals surface area contributed by atoms with E-state index in [9.17, 15) is 17.6 Å². The van der Waals surface area contributed by atoms with Crippen molar-refractivity contribution in [2.45, 2.75) is 26.3 Å². The number of halogens is 4. The molecule has 152 valence electrons. The molecule has 2 aromatic carbocycles. The van der Waals surface area contributed by atoms with Crippen molar-refractivity contribution < 1.29 is 17.6 Å². The van der Waals surface area contributed by atoms with Gasteiger partial charge in [-0.1, -0.05) is 26.0 Å². The average molecular weight is 422 g/mol. The maximum absolute atomic E-state index is 13.8. The lowest BCUT2D eigenvalue weighted by atomic mass is 10.0. The van der Waals surface area contributed by atoms with Crippen molar-refractivity contribution >= 4 is 28.8 Å². The van der Waals surface area contributed by atoms with Gasteiger partial charge in [0.05, 0.1) is 12.1 Å². The van der Waals surface area contributed by atoms with E-state index in [2.05, 4.69) is 29.6 Å². The van der Waals surface area contributed by atoms with Gasteiger partial charge in [0, 0.05) is 24.0 Å². The van der Waals surface area contributed by atoms with Crippen molar-refractivity contribution in [2.75, 3.05) is 10.6 Å². The van der Waals surface area contributed by atoms with Crippen molar-refractivity contribution in [1.82, 2.24) is 9.78 Å². The monoisotopic (exact) mass is 422 g/mol. The molecule has 0 amide bonds. The summed E-state index contributed by atoms with van der Waals surface area (Å²) in [7, 11) is 0. The summed E-state index contributed by atoms with van der Waals surface area (Å²) in [6.07, 6.45) is 1.41. The third kappa shape index (κ3) is 4.92. The van der Waals surface area contributed by atoms with Crippen LogP contribution in [-0.2, 0) is 6.54 Å². The standard InChI is InChI=1S/C20H18F4N4S/c1-11(2)12-3-5-13(6-4-12)25-20(29)26-17-7-8-28(27-17)10-14-18(23)15(21)9-16(22)19(14)24/h3-9,11H,10H2,1-2H3,(H2,25,26,27,29). The van der Waals surface area contributed by atoms with E-state index < -0.39 is 35.4 Å². The van der Waals surface area contributed by atoms with Crippen LogP contribution in [0.4, 0.5) is 29.1 Å². The van der Waals surface area contributed by atoms with Crippen molar-refractivity contribution in [3.63, 3.8) is 0 Å². The minimum Gasteiger partial charge on any atom is -0.332 e. The van der Waals surface area contributed by atoms with Gasteiger partial charge in [0.1, 0.15) is 0 Å². The summed E-state index contributed by atoms with van der Waals surface area (Å²) >= 11 is 5.23. The van der Waals surface area contributed by atoms with E-state index in [-0.39, 0.29) is 11.2 Å². The van der Waals surface area contributed by atoms with Crippen molar-refractivity contribution in [3.8, 4) is 0 Å². The zero-order chi connectivity index (χ0) is 21.1. The molecule has 3 aromatic rings. The molecule has 0 saturated heterocycles. The van der Waals surface area contributed by atoms with Gasteiger partial charge in [-0.05, 0) is 35.8 Å². The smallest absolute Gasteiger partial charge is 0.176 e. The number of aromatic nitrogens is 2. The molecule has 29 heavy (non-hydrogen) atoms. The first-order valence-electron chi connectivity index (χ1n) is 8.78. The zero-order valence-corrected chi connectivity index (χ0v) is 16.5. The van der Waals surface area contributed by atoms with E-state index in [0.29, 0.717) is 11.7 Å². The number of nitrogens with one attached hydrogen (secondary N) is 2. The van der Waals surface area contributed by atoms with Crippen LogP contribution in [0.15, 0.2) is 42.6 Å². The van der Waals surface area contributed by atoms with Crippen LogP contribution in [0.2, 0.25) is 0 Å². The second-order valence-electron chi connectivity index (χ2n) is 6.70. The third-order valence-corrected chi connectivity index (χ3v) is 4.44. The minimum absolute atomic E-state index is 0.169. The summed E-state index contributed by atoms with van der Waals surface area (Å²) in [5, 5.41) is 10.2. The quantitative estimate of drug-likeness (QED) is 0.327. The molecule has 0 spiro atoms. The Morgan fingerprint density at radius 2 is 1.62 bits per heavy atom. The summed E-state index contributed by atoms with van der Waals surface area (Å²) in [6.45, 7) is 3.71. The molecule has 0 aliphatic rings. The maximum Gasteiger partial charge on any atom is 0.176 e. The normalized spacial score (nSPS) is 11.0. The number of nitrogens with zero attached hydrogens (tertiary/aromatic N) is 2. The number of hydrogen-bond acceptors (Lipinski definition) is 2. The van der Waals surface area contributed by atoms with Gasteiger partial charge in [0.25, 0.3) is 0 Å². The maximum atomic E-state index is 13.8. The Morgan fingerprint density at radius 1 is 1.00 bits per heavy atom. The molecule has 0 saturated carbocycles. The number of rotatable bonds is 5. The molecule has 0 fully saturated rings. The highest BCUT2D eigenvalue weighted by molar-refractivity contribution is 7.80. The van der Waals surface area contributed by atoms with Crippen LogP contribution in [0.5, 0.6) is 0 Å². The average Bonchev–Trinajstić information content (AvgIpc) is 3.11. The number of thiocarbonyl (C=S) groups is 1. The number of hydrogen-bond donors (Lipinski definition) is 2. The Bertz CT molecular complexity index is 1010. The Hall–Kier alpha value is -2.94. The summed E-state index contributed by atoms with van der Waals surface area (Å²) in [5.41, 5.74) is 1.23. The second-order valence-corrected chi connectivity index (χ2v) is 7.11. The topological polar surface area (TPSA) is 41.9 Å². The first-order chi connectivity index (χ1) is 13.7. The van der Waals surface area contributed by atoms with Crippen LogP contribution in [0.25, 0.3) is 0 Å². The predicted octanol–water partition coefficient (Wildman–Crippen LogP) is 5.42. The first-order valence-corrected chi connectivity index (χ1v) is 9.18. The number of benzene rings is 2. The molecular formula is C20H18F4N4S. The molecule has 0 aliphatic heterocycles. The Balaban J connectivity index is 1.65. The molecule has 0 radical (unpaired) electrons. The molecule has 0 atom stereocenters. The molecular weight excluding hydrogens is 404 g/mol. The van der Waals surface area contributed by atoms with Gasteiger partial charge in [0.2, 0.25) is 0 Å². The lowest BCUT2D eigenvalue weighted by Crippen LogP contribution is -2.19. The second kappa shape index (κ2) is 8.60. The van der Waals surface area contributed by atoms with E-state index in [1.165, 1.54) is 17.8 Å². The van der Waals surface area contributed by atoms with E-state index in [4.69, 9.17) is 12.2 Å². The Kier molecular flexibility index (Phi) is 6.17. The Morgan fingerprint density at radius 3 is 2.21 bits per heavy atom. The van der Waals surface area contributed by atoms with Crippen LogP contribution in [-0.4, -0.2) is 14.9 Å². The van der Waals surface area contributed by atoms with Crippen molar-refractivity contribution in [2.24, 2.45) is 0 Å². The molecule has 1 heterocycles. The highest BCUT2D eigenvalue weighted by Crippen LogP contribution is 2.21. The van der Waals surface area contributed by atoms with Gasteiger partial charge in [-0.15, -0.1) is 0 Å². The van der Waals surface area contributed by atoms with Crippen LogP contribution < -0.4 is 10.6 Å². The van der Waals surface area contributed by atoms with E-state index >= 15 is 0 Å². The van der Waals surface area contributed by atoms with Gasteiger partial charge in [0.15, 0.2) is 34.2 Å². The van der Waals surface area contributed by atoms with Gasteiger partial charge in [-0.2, -0.15) is 5.10 Å². The minimum atomic E-state index is -1.46. The lowest BCUT2D eigenvalue weighted by molar-refractivity contribution is 0.431.